The maximum absolute atomic E-state index is 12.0. The number of carbonyl (C=O) groups is 1. The van der Waals surface area contributed by atoms with E-state index >= 15 is 0 Å². The minimum atomic E-state index is -1.27. The zero-order valence-corrected chi connectivity index (χ0v) is 12.6. The monoisotopic (exact) mass is 295 g/mol. The van der Waals surface area contributed by atoms with Crippen molar-refractivity contribution in [3.63, 3.8) is 0 Å². The van der Waals surface area contributed by atoms with Crippen LogP contribution in [0.15, 0.2) is 28.2 Å². The van der Waals surface area contributed by atoms with Gasteiger partial charge in [0.15, 0.2) is 5.54 Å². The van der Waals surface area contributed by atoms with E-state index in [1.807, 2.05) is 18.5 Å². The summed E-state index contributed by atoms with van der Waals surface area (Å²) in [4.78, 5) is 12.8. The minimum absolute atomic E-state index is 0.337. The largest absolute Gasteiger partial charge is 0.315 e. The topological polar surface area (TPSA) is 82.0 Å². The Bertz CT molecular complexity index is 629. The standard InChI is InChI=1S/C13H17N3O3S/c1-8-7-9(5-6-10(8)20(4)19)11-13(2,15-18)12(17)16(3)14-11/h5-7,15,18H,1-4H3. The van der Waals surface area contributed by atoms with Crippen molar-refractivity contribution in [2.75, 3.05) is 13.3 Å². The number of hydrogen-bond donors (Lipinski definition) is 2. The molecule has 108 valence electrons. The molecular formula is C13H17N3O3S. The Morgan fingerprint density at radius 2 is 2.10 bits per heavy atom. The van der Waals surface area contributed by atoms with E-state index in [1.165, 1.54) is 12.1 Å². The third-order valence-electron chi connectivity index (χ3n) is 3.43. The van der Waals surface area contributed by atoms with Gasteiger partial charge in [0.25, 0.3) is 5.91 Å². The molecule has 6 nitrogen and oxygen atoms in total. The van der Waals surface area contributed by atoms with E-state index in [0.29, 0.717) is 11.3 Å². The van der Waals surface area contributed by atoms with Crippen molar-refractivity contribution in [2.45, 2.75) is 24.3 Å². The minimum Gasteiger partial charge on any atom is -0.315 e. The fourth-order valence-electron chi connectivity index (χ4n) is 2.29. The predicted octanol–water partition coefficient (Wildman–Crippen LogP) is 0.646. The second kappa shape index (κ2) is 5.08. The summed E-state index contributed by atoms with van der Waals surface area (Å²) in [6.45, 7) is 3.42. The molecule has 1 aliphatic rings. The summed E-state index contributed by atoms with van der Waals surface area (Å²) in [7, 11) is 0.467. The number of likely N-dealkylation sites (N-methyl/N-ethyl adjacent to an activating group) is 1. The molecule has 2 atom stereocenters. The lowest BCUT2D eigenvalue weighted by molar-refractivity contribution is -0.134. The van der Waals surface area contributed by atoms with E-state index in [4.69, 9.17) is 0 Å². The first-order valence-corrected chi connectivity index (χ1v) is 7.60. The zero-order chi connectivity index (χ0) is 15.1. The Hall–Kier alpha value is -1.57. The number of benzene rings is 1. The Morgan fingerprint density at radius 3 is 2.60 bits per heavy atom. The van der Waals surface area contributed by atoms with E-state index in [0.717, 1.165) is 10.5 Å². The average molecular weight is 295 g/mol. The molecular weight excluding hydrogens is 278 g/mol. The molecule has 0 saturated carbocycles. The van der Waals surface area contributed by atoms with Crippen molar-refractivity contribution in [2.24, 2.45) is 5.10 Å². The van der Waals surface area contributed by atoms with Crippen LogP contribution in [0.3, 0.4) is 0 Å². The van der Waals surface area contributed by atoms with Crippen LogP contribution >= 0.6 is 0 Å². The highest BCUT2D eigenvalue weighted by molar-refractivity contribution is 7.84. The van der Waals surface area contributed by atoms with E-state index in [9.17, 15) is 14.2 Å². The average Bonchev–Trinajstić information content (AvgIpc) is 2.63. The van der Waals surface area contributed by atoms with Crippen molar-refractivity contribution < 1.29 is 14.2 Å². The van der Waals surface area contributed by atoms with Gasteiger partial charge in [0.2, 0.25) is 0 Å². The molecule has 0 saturated heterocycles. The van der Waals surface area contributed by atoms with Gasteiger partial charge in [-0.15, -0.1) is 0 Å². The van der Waals surface area contributed by atoms with Gasteiger partial charge in [0.05, 0.1) is 16.5 Å². The molecule has 0 aliphatic carbocycles. The van der Waals surface area contributed by atoms with Crippen molar-refractivity contribution in [1.29, 1.82) is 0 Å². The first-order chi connectivity index (χ1) is 9.31. The molecule has 0 bridgehead atoms. The van der Waals surface area contributed by atoms with Crippen LogP contribution in [0.1, 0.15) is 18.1 Å². The van der Waals surface area contributed by atoms with Crippen LogP contribution in [0.25, 0.3) is 0 Å². The van der Waals surface area contributed by atoms with Crippen LogP contribution in [-0.2, 0) is 15.6 Å². The summed E-state index contributed by atoms with van der Waals surface area (Å²) in [5.74, 6) is -0.337. The first-order valence-electron chi connectivity index (χ1n) is 6.04. The number of rotatable bonds is 3. The van der Waals surface area contributed by atoms with Crippen LogP contribution in [0.2, 0.25) is 0 Å². The second-order valence-electron chi connectivity index (χ2n) is 4.95. The number of nitrogens with one attached hydrogen (secondary N) is 1. The number of carbonyl (C=O) groups excluding carboxylic acids is 1. The quantitative estimate of drug-likeness (QED) is 0.802. The van der Waals surface area contributed by atoms with Crippen LogP contribution in [0.4, 0.5) is 0 Å². The van der Waals surface area contributed by atoms with Gasteiger partial charge in [0, 0.05) is 23.8 Å². The van der Waals surface area contributed by atoms with E-state index in [2.05, 4.69) is 5.10 Å². The van der Waals surface area contributed by atoms with Gasteiger partial charge >= 0.3 is 0 Å². The normalized spacial score (nSPS) is 23.9. The van der Waals surface area contributed by atoms with E-state index in [1.54, 1.807) is 25.3 Å². The molecule has 1 aromatic carbocycles. The summed E-state index contributed by atoms with van der Waals surface area (Å²) in [6, 6.07) is 5.33. The molecule has 1 amide bonds. The highest BCUT2D eigenvalue weighted by Crippen LogP contribution is 2.25. The van der Waals surface area contributed by atoms with Crippen molar-refractivity contribution in [1.82, 2.24) is 10.5 Å². The van der Waals surface area contributed by atoms with E-state index in [-0.39, 0.29) is 5.91 Å². The van der Waals surface area contributed by atoms with E-state index < -0.39 is 16.3 Å². The molecule has 0 aromatic heterocycles. The number of hydrogen-bond acceptors (Lipinski definition) is 5. The van der Waals surface area contributed by atoms with Gasteiger partial charge in [-0.25, -0.2) is 5.01 Å². The Kier molecular flexibility index (Phi) is 3.77. The van der Waals surface area contributed by atoms with Gasteiger partial charge in [-0.2, -0.15) is 10.6 Å². The Labute approximate surface area is 119 Å². The molecule has 2 rings (SSSR count). The van der Waals surface area contributed by atoms with Crippen LogP contribution in [0, 0.1) is 6.92 Å². The SMILES string of the molecule is Cc1cc(C2=NN(C)C(=O)C2(C)NO)ccc1S(C)=O. The van der Waals surface area contributed by atoms with Crippen molar-refractivity contribution >= 4 is 22.4 Å². The zero-order valence-electron chi connectivity index (χ0n) is 11.8. The smallest absolute Gasteiger partial charge is 0.270 e. The number of aryl methyl sites for hydroxylation is 1. The summed E-state index contributed by atoms with van der Waals surface area (Å²) in [5.41, 5.74) is 2.77. The van der Waals surface area contributed by atoms with Gasteiger partial charge < -0.3 is 5.21 Å². The third kappa shape index (κ3) is 2.17. The third-order valence-corrected chi connectivity index (χ3v) is 4.50. The molecule has 7 heteroatoms. The van der Waals surface area contributed by atoms with Crippen LogP contribution < -0.4 is 5.48 Å². The van der Waals surface area contributed by atoms with Crippen molar-refractivity contribution in [3.05, 3.63) is 29.3 Å². The Balaban J connectivity index is 2.52. The summed E-state index contributed by atoms with van der Waals surface area (Å²) in [6.07, 6.45) is 1.62. The maximum Gasteiger partial charge on any atom is 0.270 e. The lowest BCUT2D eigenvalue weighted by Gasteiger charge is -2.22. The predicted molar refractivity (Wildman–Crippen MR) is 76.1 cm³/mol. The second-order valence-corrected chi connectivity index (χ2v) is 6.30. The van der Waals surface area contributed by atoms with Gasteiger partial charge in [-0.05, 0) is 31.5 Å². The molecule has 0 fully saturated rings. The lowest BCUT2D eigenvalue weighted by atomic mass is 9.90. The molecule has 2 unspecified atom stereocenters. The summed E-state index contributed by atoms with van der Waals surface area (Å²) >= 11 is 0. The van der Waals surface area contributed by atoms with Crippen molar-refractivity contribution in [3.8, 4) is 0 Å². The molecule has 20 heavy (non-hydrogen) atoms. The molecule has 1 aliphatic heterocycles. The Morgan fingerprint density at radius 1 is 1.45 bits per heavy atom. The summed E-state index contributed by atoms with van der Waals surface area (Å²) in [5, 5.41) is 14.7. The van der Waals surface area contributed by atoms with Gasteiger partial charge in [0.1, 0.15) is 0 Å². The van der Waals surface area contributed by atoms with Crippen LogP contribution in [-0.4, -0.2) is 44.9 Å². The fourth-order valence-corrected chi connectivity index (χ4v) is 3.06. The first kappa shape index (κ1) is 14.8. The van der Waals surface area contributed by atoms with Crippen LogP contribution in [0.5, 0.6) is 0 Å². The lowest BCUT2D eigenvalue weighted by Crippen LogP contribution is -2.53. The van der Waals surface area contributed by atoms with Gasteiger partial charge in [-0.3, -0.25) is 9.00 Å². The molecule has 1 aromatic rings. The maximum atomic E-state index is 12.0. The fraction of sp³-hybridized carbons (Fsp3) is 0.385. The number of amides is 1. The molecule has 0 radical (unpaired) electrons. The number of hydroxylamine groups is 1. The highest BCUT2D eigenvalue weighted by atomic mass is 32.2. The molecule has 1 heterocycles. The number of hydrazone groups is 1. The highest BCUT2D eigenvalue weighted by Gasteiger charge is 2.46. The van der Waals surface area contributed by atoms with Gasteiger partial charge in [-0.1, -0.05) is 6.07 Å². The molecule has 2 N–H and O–H groups in total. The number of nitrogens with zero attached hydrogens (tertiary/aromatic N) is 2. The molecule has 0 spiro atoms. The summed E-state index contributed by atoms with van der Waals surface area (Å²) < 4.78 is 11.6.